The van der Waals surface area contributed by atoms with Crippen molar-refractivity contribution in [3.8, 4) is 5.75 Å². The van der Waals surface area contributed by atoms with Crippen molar-refractivity contribution >= 4 is 50.9 Å². The van der Waals surface area contributed by atoms with E-state index < -0.39 is 87.9 Å². The van der Waals surface area contributed by atoms with Crippen LogP contribution in [0.3, 0.4) is 0 Å². The van der Waals surface area contributed by atoms with E-state index in [4.69, 9.17) is 10.5 Å². The molecule has 0 aliphatic heterocycles. The smallest absolute Gasteiger partial charge is 0.411 e. The number of carbonyl (C=O) groups excluding carboxylic acids is 4. The molecule has 0 saturated heterocycles. The number of phenols is 1. The largest absolute Gasteiger partial charge is 0.508 e. The number of primary amides is 1. The lowest BCUT2D eigenvalue weighted by Gasteiger charge is -2.50. The fourth-order valence-electron chi connectivity index (χ4n) is 5.38. The number of hydrogen-bond donors (Lipinski definition) is 7. The summed E-state index contributed by atoms with van der Waals surface area (Å²) in [6.45, 7) is 1.65. The van der Waals surface area contributed by atoms with Gasteiger partial charge in [-0.05, 0) is 17.5 Å². The summed E-state index contributed by atoms with van der Waals surface area (Å²) in [5, 5.41) is 57.8. The normalized spacial score (nSPS) is 29.3. The topological polar surface area (TPSA) is 217 Å². The van der Waals surface area contributed by atoms with Crippen molar-refractivity contribution in [1.82, 2.24) is 0 Å². The minimum atomic E-state index is -2.92. The van der Waals surface area contributed by atoms with E-state index in [2.05, 4.69) is 21.2 Å². The summed E-state index contributed by atoms with van der Waals surface area (Å²) in [4.78, 5) is 49.7. The van der Waals surface area contributed by atoms with Gasteiger partial charge in [0.15, 0.2) is 11.4 Å². The molecule has 3 aliphatic carbocycles. The number of alkyl halides is 1. The van der Waals surface area contributed by atoms with Gasteiger partial charge in [-0.2, -0.15) is 0 Å². The van der Waals surface area contributed by atoms with E-state index >= 15 is 0 Å². The van der Waals surface area contributed by atoms with E-state index in [1.54, 1.807) is 6.92 Å². The van der Waals surface area contributed by atoms with E-state index in [0.717, 1.165) is 0 Å². The Balaban J connectivity index is 1.88. The number of carbonyl (C=O) groups is 4. The summed E-state index contributed by atoms with van der Waals surface area (Å²) in [5.74, 6) is -9.65. The van der Waals surface area contributed by atoms with Gasteiger partial charge in [-0.15, -0.1) is 0 Å². The fourth-order valence-corrected chi connectivity index (χ4v) is 5.54. The van der Waals surface area contributed by atoms with Gasteiger partial charge >= 0.3 is 6.09 Å². The molecule has 3 aliphatic rings. The van der Waals surface area contributed by atoms with Crippen LogP contribution < -0.4 is 11.1 Å². The zero-order valence-corrected chi connectivity index (χ0v) is 20.4. The maximum Gasteiger partial charge on any atom is 0.411 e. The van der Waals surface area contributed by atoms with Gasteiger partial charge in [-0.1, -0.05) is 28.9 Å². The van der Waals surface area contributed by atoms with Crippen LogP contribution in [0.4, 0.5) is 10.5 Å². The van der Waals surface area contributed by atoms with Crippen LogP contribution in [0, 0.1) is 11.8 Å². The molecule has 1 saturated carbocycles. The highest BCUT2D eigenvalue weighted by molar-refractivity contribution is 9.09. The van der Waals surface area contributed by atoms with Gasteiger partial charge in [0.25, 0.3) is 5.91 Å². The minimum absolute atomic E-state index is 0.0461. The molecule has 1 aromatic carbocycles. The Labute approximate surface area is 212 Å². The van der Waals surface area contributed by atoms with Crippen LogP contribution >= 0.6 is 15.9 Å². The summed E-state index contributed by atoms with van der Waals surface area (Å²) in [6.07, 6.45) is -3.16. The third-order valence-corrected chi connectivity index (χ3v) is 7.37. The van der Waals surface area contributed by atoms with Crippen LogP contribution in [0.25, 0.3) is 5.76 Å². The molecule has 36 heavy (non-hydrogen) atoms. The zero-order valence-electron chi connectivity index (χ0n) is 18.8. The van der Waals surface area contributed by atoms with Crippen LogP contribution in [0.15, 0.2) is 29.0 Å². The van der Waals surface area contributed by atoms with Gasteiger partial charge in [-0.25, -0.2) is 4.79 Å². The predicted octanol–water partition coefficient (Wildman–Crippen LogP) is 0.899. The lowest BCUT2D eigenvalue weighted by molar-refractivity contribution is -0.160. The zero-order chi connectivity index (χ0) is 26.7. The minimum Gasteiger partial charge on any atom is -0.508 e. The van der Waals surface area contributed by atoms with Crippen LogP contribution in [-0.4, -0.2) is 72.7 Å². The molecule has 13 heteroatoms. The first-order valence-electron chi connectivity index (χ1n) is 10.9. The summed E-state index contributed by atoms with van der Waals surface area (Å²) in [6, 6.07) is 2.82. The van der Waals surface area contributed by atoms with Crippen molar-refractivity contribution in [2.24, 2.45) is 17.6 Å². The van der Waals surface area contributed by atoms with E-state index in [0.29, 0.717) is 10.9 Å². The molecule has 0 heterocycles. The fraction of sp³-hybridized carbons (Fsp3) is 0.391. The third-order valence-electron chi connectivity index (χ3n) is 7.05. The van der Waals surface area contributed by atoms with Gasteiger partial charge in [0, 0.05) is 29.2 Å². The Morgan fingerprint density at radius 1 is 1.25 bits per heavy atom. The molecular weight excluding hydrogens is 544 g/mol. The second-order valence-electron chi connectivity index (χ2n) is 8.86. The average molecular weight is 567 g/mol. The number of hydrogen-bond acceptors (Lipinski definition) is 10. The number of nitrogens with two attached hydrogens (primary N) is 1. The van der Waals surface area contributed by atoms with Gasteiger partial charge in [0.05, 0.1) is 17.4 Å². The standard InChI is InChI=1S/C23H23BrN2O10/c1-7-8-2-3-10(26-22(34)36-5-4-24)17(29)13(8)18(30)15-12(7)16(28)9-6-11(27)14(21(25)33)19(31)23(9,35)20(15)32/h2-3,7,9,12,16,28-31,35H,4-6H2,1H3,(H2,25,33)(H,26,34). The number of amides is 2. The Kier molecular flexibility index (Phi) is 6.35. The van der Waals surface area contributed by atoms with Crippen LogP contribution in [0.2, 0.25) is 0 Å². The molecule has 12 nitrogen and oxygen atoms in total. The summed E-state index contributed by atoms with van der Waals surface area (Å²) >= 11 is 3.10. The predicted molar refractivity (Wildman–Crippen MR) is 126 cm³/mol. The Bertz CT molecular complexity index is 1270. The monoisotopic (exact) mass is 566 g/mol. The summed E-state index contributed by atoms with van der Waals surface area (Å²) in [5.41, 5.74) is 0.695. The molecule has 0 bridgehead atoms. The number of benzene rings is 1. The number of Topliss-reactive ketones (excluding diaryl/α,β-unsaturated/α-hetero) is 2. The molecular formula is C23H23BrN2O10. The van der Waals surface area contributed by atoms with Gasteiger partial charge in [0.1, 0.15) is 29.4 Å². The van der Waals surface area contributed by atoms with Gasteiger partial charge in [0.2, 0.25) is 5.78 Å². The number of aliphatic hydroxyl groups is 4. The lowest BCUT2D eigenvalue weighted by Crippen LogP contribution is -2.63. The van der Waals surface area contributed by atoms with Crippen molar-refractivity contribution in [1.29, 1.82) is 0 Å². The Morgan fingerprint density at radius 2 is 1.92 bits per heavy atom. The number of ketones is 2. The van der Waals surface area contributed by atoms with E-state index in [1.165, 1.54) is 12.1 Å². The number of aromatic hydroxyl groups is 1. The van der Waals surface area contributed by atoms with Crippen molar-refractivity contribution < 1.29 is 49.4 Å². The van der Waals surface area contributed by atoms with E-state index in [-0.39, 0.29) is 17.9 Å². The van der Waals surface area contributed by atoms with Crippen molar-refractivity contribution in [2.75, 3.05) is 17.3 Å². The first kappa shape index (κ1) is 25.7. The summed E-state index contributed by atoms with van der Waals surface area (Å²) in [7, 11) is 0. The Morgan fingerprint density at radius 3 is 2.53 bits per heavy atom. The lowest BCUT2D eigenvalue weighted by atomic mass is 9.55. The first-order chi connectivity index (χ1) is 16.9. The number of nitrogens with one attached hydrogen (secondary N) is 1. The van der Waals surface area contributed by atoms with Crippen LogP contribution in [-0.2, 0) is 19.1 Å². The number of aliphatic hydroxyl groups excluding tert-OH is 3. The quantitative estimate of drug-likeness (QED) is 0.155. The van der Waals surface area contributed by atoms with Gasteiger partial charge < -0.3 is 36.0 Å². The molecule has 0 radical (unpaired) electrons. The average Bonchev–Trinajstić information content (AvgIpc) is 2.81. The molecule has 8 N–H and O–H groups in total. The molecule has 5 unspecified atom stereocenters. The molecule has 1 fully saturated rings. The SMILES string of the molecule is CC1c2ccc(NC(=O)OCCBr)c(O)c2C(O)=C2C(=O)C3(O)C(O)=C(C(N)=O)C(=O)CC3C(O)C21. The van der Waals surface area contributed by atoms with Crippen molar-refractivity contribution in [2.45, 2.75) is 31.0 Å². The summed E-state index contributed by atoms with van der Waals surface area (Å²) < 4.78 is 4.88. The number of ether oxygens (including phenoxy) is 1. The van der Waals surface area contributed by atoms with Crippen LogP contribution in [0.1, 0.15) is 30.4 Å². The number of anilines is 1. The molecule has 0 spiro atoms. The van der Waals surface area contributed by atoms with E-state index in [1.807, 2.05) is 0 Å². The highest BCUT2D eigenvalue weighted by Gasteiger charge is 2.64. The highest BCUT2D eigenvalue weighted by atomic mass is 79.9. The molecule has 192 valence electrons. The Hall–Kier alpha value is -3.42. The molecule has 4 rings (SSSR count). The highest BCUT2D eigenvalue weighted by Crippen LogP contribution is 2.56. The number of rotatable bonds is 4. The molecule has 2 amide bonds. The number of halogens is 1. The van der Waals surface area contributed by atoms with Gasteiger partial charge in [-0.3, -0.25) is 19.7 Å². The molecule has 1 aromatic rings. The first-order valence-corrected chi connectivity index (χ1v) is 12.0. The van der Waals surface area contributed by atoms with Crippen LogP contribution in [0.5, 0.6) is 5.75 Å². The maximum atomic E-state index is 13.6. The van der Waals surface area contributed by atoms with Crippen molar-refractivity contribution in [3.05, 3.63) is 40.2 Å². The second kappa shape index (κ2) is 8.91. The number of phenolic OH excluding ortho intramolecular Hbond substituents is 1. The number of fused-ring (bicyclic) bond motifs is 3. The second-order valence-corrected chi connectivity index (χ2v) is 9.65. The van der Waals surface area contributed by atoms with E-state index in [9.17, 15) is 44.7 Å². The molecule has 0 aromatic heterocycles. The van der Waals surface area contributed by atoms with Crippen molar-refractivity contribution in [3.63, 3.8) is 0 Å². The third kappa shape index (κ3) is 3.49. The molecule has 5 atom stereocenters. The maximum absolute atomic E-state index is 13.6.